The van der Waals surface area contributed by atoms with Gasteiger partial charge < -0.3 is 19.9 Å². The Hall–Kier alpha value is -4.40. The molecule has 0 saturated heterocycles. The third-order valence-corrected chi connectivity index (χ3v) is 7.66. The highest BCUT2D eigenvalue weighted by Gasteiger charge is 2.35. The molecule has 0 radical (unpaired) electrons. The lowest BCUT2D eigenvalue weighted by atomic mass is 9.96. The van der Waals surface area contributed by atoms with Crippen LogP contribution < -0.4 is 5.32 Å². The molecule has 0 aliphatic heterocycles. The Bertz CT molecular complexity index is 1420. The highest BCUT2D eigenvalue weighted by Crippen LogP contribution is 2.26. The number of carbonyl (C=O) groups excluding carboxylic acids is 2. The van der Waals surface area contributed by atoms with Gasteiger partial charge in [-0.1, -0.05) is 68.8 Å². The maximum atomic E-state index is 13.4. The zero-order valence-corrected chi connectivity index (χ0v) is 27.5. The molecule has 2 atom stereocenters. The van der Waals surface area contributed by atoms with Gasteiger partial charge in [-0.3, -0.25) is 14.7 Å². The molecule has 1 aromatic heterocycles. The molecular formula is C35H48N6O3. The number of amides is 2. The van der Waals surface area contributed by atoms with Gasteiger partial charge in [0.25, 0.3) is 0 Å². The number of aryl methyl sites for hydroxylation is 1. The van der Waals surface area contributed by atoms with Gasteiger partial charge in [0.1, 0.15) is 17.5 Å². The van der Waals surface area contributed by atoms with Crippen molar-refractivity contribution < 1.29 is 14.3 Å². The summed E-state index contributed by atoms with van der Waals surface area (Å²) in [5.74, 6) is 0.770. The van der Waals surface area contributed by atoms with E-state index in [1.54, 1.807) is 25.2 Å². The summed E-state index contributed by atoms with van der Waals surface area (Å²) in [6.45, 7) is 13.6. The van der Waals surface area contributed by atoms with Crippen LogP contribution in [0.15, 0.2) is 65.9 Å². The highest BCUT2D eigenvalue weighted by atomic mass is 16.6. The van der Waals surface area contributed by atoms with Crippen molar-refractivity contribution in [1.82, 2.24) is 25.1 Å². The van der Waals surface area contributed by atoms with Crippen molar-refractivity contribution in [1.29, 1.82) is 0 Å². The zero-order chi connectivity index (χ0) is 32.4. The summed E-state index contributed by atoms with van der Waals surface area (Å²) in [7, 11) is 5.30. The van der Waals surface area contributed by atoms with Gasteiger partial charge in [0.15, 0.2) is 0 Å². The summed E-state index contributed by atoms with van der Waals surface area (Å²) < 4.78 is 5.53. The molecule has 3 aromatic rings. The van der Waals surface area contributed by atoms with Crippen LogP contribution in [0.25, 0.3) is 28.1 Å². The van der Waals surface area contributed by atoms with E-state index in [1.165, 1.54) is 4.90 Å². The van der Waals surface area contributed by atoms with Gasteiger partial charge in [-0.2, -0.15) is 0 Å². The molecule has 2 aromatic carbocycles. The molecule has 0 unspecified atom stereocenters. The molecule has 9 nitrogen and oxygen atoms in total. The zero-order valence-electron chi connectivity index (χ0n) is 27.5. The highest BCUT2D eigenvalue weighted by molar-refractivity contribution is 5.86. The number of rotatable bonds is 13. The van der Waals surface area contributed by atoms with Gasteiger partial charge in [-0.25, -0.2) is 9.78 Å². The number of imidazole rings is 1. The minimum Gasteiger partial charge on any atom is -0.444 e. The first-order valence-electron chi connectivity index (χ1n) is 15.2. The maximum Gasteiger partial charge on any atom is 0.410 e. The van der Waals surface area contributed by atoms with Crippen LogP contribution in [0.2, 0.25) is 0 Å². The Balaban J connectivity index is 1.59. The summed E-state index contributed by atoms with van der Waals surface area (Å²) in [5.41, 5.74) is 5.57. The van der Waals surface area contributed by atoms with Crippen molar-refractivity contribution in [3.8, 4) is 22.4 Å². The maximum absolute atomic E-state index is 13.4. The third kappa shape index (κ3) is 9.05. The molecule has 0 aliphatic carbocycles. The first kappa shape index (κ1) is 34.1. The van der Waals surface area contributed by atoms with Crippen molar-refractivity contribution in [2.45, 2.75) is 65.5 Å². The fourth-order valence-corrected chi connectivity index (χ4v) is 4.98. The van der Waals surface area contributed by atoms with Crippen LogP contribution in [0.5, 0.6) is 0 Å². The minimum absolute atomic E-state index is 0.0101. The first-order valence-corrected chi connectivity index (χ1v) is 15.2. The predicted molar refractivity (Wildman–Crippen MR) is 179 cm³/mol. The Morgan fingerprint density at radius 1 is 1.07 bits per heavy atom. The summed E-state index contributed by atoms with van der Waals surface area (Å²) in [5, 5.41) is 3.14. The molecule has 0 aliphatic rings. The molecule has 3 rings (SSSR count). The Labute approximate surface area is 262 Å². The van der Waals surface area contributed by atoms with Gasteiger partial charge in [0.05, 0.1) is 17.6 Å². The lowest BCUT2D eigenvalue weighted by molar-refractivity contribution is -0.137. The normalized spacial score (nSPS) is 13.1. The second-order valence-corrected chi connectivity index (χ2v) is 12.2. The first-order chi connectivity index (χ1) is 20.9. The Kier molecular flexibility index (Phi) is 11.9. The number of aliphatic imine (C=N–C) groups is 1. The molecule has 1 heterocycles. The van der Waals surface area contributed by atoms with E-state index in [2.05, 4.69) is 75.5 Å². The van der Waals surface area contributed by atoms with E-state index in [0.29, 0.717) is 13.0 Å². The minimum atomic E-state index is -0.630. The predicted octanol–water partition coefficient (Wildman–Crippen LogP) is 6.63. The van der Waals surface area contributed by atoms with E-state index in [0.717, 1.165) is 52.3 Å². The number of aromatic amines is 1. The number of ether oxygens (including phenoxy) is 1. The van der Waals surface area contributed by atoms with E-state index >= 15 is 0 Å². The number of H-pyrrole nitrogens is 1. The molecule has 0 fully saturated rings. The van der Waals surface area contributed by atoms with Crippen LogP contribution in [-0.4, -0.2) is 77.8 Å². The second kappa shape index (κ2) is 15.4. The summed E-state index contributed by atoms with van der Waals surface area (Å²) >= 11 is 0. The molecule has 2 amide bonds. The molecule has 0 saturated carbocycles. The summed E-state index contributed by atoms with van der Waals surface area (Å²) in [6.07, 6.45) is 5.27. The average molecular weight is 601 g/mol. The number of hydrogen-bond donors (Lipinski definition) is 2. The standard InChI is InChI=1S/C35H48N6O3/c1-10-24(2)32(41(9)34(43)44-35(3,4)5)33(42)40(8)21-11-12-31-38-23-30(39-31)28-19-15-26(16-20-28)25-13-17-27(18-14-25)29(37-7)22-36-6/h13-20,22-24,32,37H,6,10-12,21H2,1-5,7-9H3,(H,38,39)/b29-22-/t24-,32+/m1/s1. The number of aromatic nitrogens is 2. The Morgan fingerprint density at radius 2 is 1.66 bits per heavy atom. The van der Waals surface area contributed by atoms with Crippen molar-refractivity contribution in [3.63, 3.8) is 0 Å². The molecule has 9 heteroatoms. The summed E-state index contributed by atoms with van der Waals surface area (Å²) in [6, 6.07) is 16.1. The topological polar surface area (TPSA) is 103 Å². The van der Waals surface area contributed by atoms with E-state index in [9.17, 15) is 9.59 Å². The number of carbonyl (C=O) groups is 2. The average Bonchev–Trinajstić information content (AvgIpc) is 3.48. The summed E-state index contributed by atoms with van der Waals surface area (Å²) in [4.78, 5) is 41.2. The lowest BCUT2D eigenvalue weighted by Gasteiger charge is -2.35. The number of nitrogens with zero attached hydrogens (tertiary/aromatic N) is 4. The number of nitrogens with one attached hydrogen (secondary N) is 2. The molecule has 0 spiro atoms. The quantitative estimate of drug-likeness (QED) is 0.214. The van der Waals surface area contributed by atoms with Crippen LogP contribution in [0.1, 0.15) is 58.8 Å². The number of likely N-dealkylation sites (N-methyl/N-ethyl adjacent to an activating group) is 2. The van der Waals surface area contributed by atoms with Crippen molar-refractivity contribution in [2.24, 2.45) is 10.9 Å². The van der Waals surface area contributed by atoms with Crippen LogP contribution in [0.3, 0.4) is 0 Å². The van der Waals surface area contributed by atoms with Crippen molar-refractivity contribution in [2.75, 3.05) is 27.7 Å². The van der Waals surface area contributed by atoms with E-state index in [1.807, 2.05) is 47.9 Å². The molecule has 236 valence electrons. The van der Waals surface area contributed by atoms with Crippen molar-refractivity contribution in [3.05, 3.63) is 72.3 Å². The van der Waals surface area contributed by atoms with Crippen LogP contribution in [0, 0.1) is 5.92 Å². The lowest BCUT2D eigenvalue weighted by Crippen LogP contribution is -2.52. The third-order valence-electron chi connectivity index (χ3n) is 7.66. The van der Waals surface area contributed by atoms with Gasteiger partial charge in [-0.15, -0.1) is 0 Å². The number of benzene rings is 2. The molecule has 44 heavy (non-hydrogen) atoms. The fourth-order valence-electron chi connectivity index (χ4n) is 4.98. The SMILES string of the molecule is C=N/C=C(\NC)c1ccc(-c2ccc(-c3cnc(CCCN(C)C(=O)[C@H]([C@H](C)CC)N(C)C(=O)OC(C)(C)C)[nH]3)cc2)cc1. The van der Waals surface area contributed by atoms with Crippen LogP contribution in [-0.2, 0) is 16.0 Å². The molecular weight excluding hydrogens is 552 g/mol. The van der Waals surface area contributed by atoms with Gasteiger partial charge in [0.2, 0.25) is 5.91 Å². The van der Waals surface area contributed by atoms with E-state index in [4.69, 9.17) is 4.74 Å². The van der Waals surface area contributed by atoms with Crippen LogP contribution in [0.4, 0.5) is 4.79 Å². The van der Waals surface area contributed by atoms with Gasteiger partial charge >= 0.3 is 6.09 Å². The Morgan fingerprint density at radius 3 is 2.20 bits per heavy atom. The smallest absolute Gasteiger partial charge is 0.410 e. The van der Waals surface area contributed by atoms with Gasteiger partial charge in [-0.05, 0) is 62.1 Å². The van der Waals surface area contributed by atoms with E-state index in [-0.39, 0.29) is 11.8 Å². The number of hydrogen-bond acceptors (Lipinski definition) is 6. The molecule has 2 N–H and O–H groups in total. The fraction of sp³-hybridized carbons (Fsp3) is 0.429. The van der Waals surface area contributed by atoms with Crippen LogP contribution >= 0.6 is 0 Å². The van der Waals surface area contributed by atoms with Crippen molar-refractivity contribution >= 4 is 24.4 Å². The van der Waals surface area contributed by atoms with Gasteiger partial charge in [0, 0.05) is 40.3 Å². The monoisotopic (exact) mass is 600 g/mol. The largest absolute Gasteiger partial charge is 0.444 e. The van der Waals surface area contributed by atoms with E-state index < -0.39 is 17.7 Å². The second-order valence-electron chi connectivity index (χ2n) is 12.2. The molecule has 0 bridgehead atoms.